The molecular formula is C24H30N4O. The van der Waals surface area contributed by atoms with Crippen LogP contribution in [0.25, 0.3) is 11.0 Å². The van der Waals surface area contributed by atoms with Crippen molar-refractivity contribution in [3.63, 3.8) is 0 Å². The summed E-state index contributed by atoms with van der Waals surface area (Å²) in [5.41, 5.74) is 4.84. The number of nitrogens with one attached hydrogen (secondary N) is 1. The number of benzene rings is 1. The molecule has 1 fully saturated rings. The molecule has 1 amide bonds. The van der Waals surface area contributed by atoms with Crippen LogP contribution in [0.3, 0.4) is 0 Å². The van der Waals surface area contributed by atoms with Crippen LogP contribution in [0.15, 0.2) is 48.7 Å². The number of pyridine rings is 1. The van der Waals surface area contributed by atoms with Crippen LogP contribution < -0.4 is 0 Å². The second-order valence-corrected chi connectivity index (χ2v) is 8.11. The molecule has 1 atom stereocenters. The third-order valence-electron chi connectivity index (χ3n) is 5.92. The average molecular weight is 391 g/mol. The Hall–Kier alpha value is -2.66. The minimum atomic E-state index is 0.256. The van der Waals surface area contributed by atoms with Gasteiger partial charge in [0.15, 0.2) is 0 Å². The number of amides is 1. The molecule has 5 heteroatoms. The van der Waals surface area contributed by atoms with Crippen molar-refractivity contribution in [3.8, 4) is 0 Å². The van der Waals surface area contributed by atoms with Gasteiger partial charge in [0.25, 0.3) is 0 Å². The Bertz CT molecular complexity index is 965. The van der Waals surface area contributed by atoms with Gasteiger partial charge in [0.05, 0.1) is 0 Å². The number of aromatic amines is 1. The summed E-state index contributed by atoms with van der Waals surface area (Å²) in [6, 6.07) is 14.7. The van der Waals surface area contributed by atoms with Gasteiger partial charge in [-0.05, 0) is 43.1 Å². The number of rotatable bonds is 6. The number of hydrogen-bond donors (Lipinski definition) is 1. The summed E-state index contributed by atoms with van der Waals surface area (Å²) in [5, 5.41) is 1.20. The standard InChI is InChI=1S/C24H30N4O/c1-3-22(29)28-14-8-11-19(16-28)23-21(20-12-7-13-25-24(20)26-23)17-27(2)15-18-9-5-4-6-10-18/h4-7,9-10,12-13,19H,3,8,11,14-17H2,1-2H3,(H,25,26)/t19-/m1/s1. The Morgan fingerprint density at radius 3 is 2.83 bits per heavy atom. The first-order chi connectivity index (χ1) is 14.2. The molecule has 0 aliphatic carbocycles. The van der Waals surface area contributed by atoms with Crippen LogP contribution >= 0.6 is 0 Å². The van der Waals surface area contributed by atoms with Crippen molar-refractivity contribution < 1.29 is 4.79 Å². The molecular weight excluding hydrogens is 360 g/mol. The van der Waals surface area contributed by atoms with Gasteiger partial charge in [-0.3, -0.25) is 9.69 Å². The van der Waals surface area contributed by atoms with Crippen LogP contribution in [0, 0.1) is 0 Å². The predicted octanol–water partition coefficient (Wildman–Crippen LogP) is 4.31. The number of nitrogens with zero attached hydrogens (tertiary/aromatic N) is 3. The molecule has 1 saturated heterocycles. The number of piperidine rings is 1. The fourth-order valence-corrected chi connectivity index (χ4v) is 4.50. The van der Waals surface area contributed by atoms with Gasteiger partial charge in [0.1, 0.15) is 5.65 Å². The van der Waals surface area contributed by atoms with Gasteiger partial charge in [0.2, 0.25) is 5.91 Å². The van der Waals surface area contributed by atoms with Crippen molar-refractivity contribution in [1.82, 2.24) is 19.8 Å². The van der Waals surface area contributed by atoms with E-state index in [-0.39, 0.29) is 5.91 Å². The Morgan fingerprint density at radius 1 is 1.21 bits per heavy atom. The molecule has 1 aliphatic rings. The van der Waals surface area contributed by atoms with Crippen LogP contribution in [0.1, 0.15) is 48.9 Å². The lowest BCUT2D eigenvalue weighted by atomic mass is 9.91. The van der Waals surface area contributed by atoms with E-state index in [1.54, 1.807) is 0 Å². The minimum absolute atomic E-state index is 0.256. The zero-order valence-corrected chi connectivity index (χ0v) is 17.4. The molecule has 29 heavy (non-hydrogen) atoms. The molecule has 0 saturated carbocycles. The molecule has 1 aromatic carbocycles. The molecule has 1 N–H and O–H groups in total. The summed E-state index contributed by atoms with van der Waals surface area (Å²) in [5.74, 6) is 0.597. The Morgan fingerprint density at radius 2 is 2.03 bits per heavy atom. The summed E-state index contributed by atoms with van der Waals surface area (Å²) in [6.45, 7) is 5.38. The molecule has 0 spiro atoms. The monoisotopic (exact) mass is 390 g/mol. The third-order valence-corrected chi connectivity index (χ3v) is 5.92. The van der Waals surface area contributed by atoms with E-state index in [9.17, 15) is 4.79 Å². The Balaban J connectivity index is 1.61. The number of hydrogen-bond acceptors (Lipinski definition) is 3. The van der Waals surface area contributed by atoms with Crippen LogP contribution in [0.4, 0.5) is 0 Å². The quantitative estimate of drug-likeness (QED) is 0.682. The van der Waals surface area contributed by atoms with Gasteiger partial charge in [-0.2, -0.15) is 0 Å². The summed E-state index contributed by atoms with van der Waals surface area (Å²) in [7, 11) is 2.17. The molecule has 2 aromatic heterocycles. The average Bonchev–Trinajstić information content (AvgIpc) is 3.12. The highest BCUT2D eigenvalue weighted by molar-refractivity contribution is 5.81. The summed E-state index contributed by atoms with van der Waals surface area (Å²) in [4.78, 5) is 24.8. The summed E-state index contributed by atoms with van der Waals surface area (Å²) < 4.78 is 0. The fraction of sp³-hybridized carbons (Fsp3) is 0.417. The lowest BCUT2D eigenvalue weighted by molar-refractivity contribution is -0.132. The maximum absolute atomic E-state index is 12.3. The molecule has 152 valence electrons. The maximum atomic E-state index is 12.3. The van der Waals surface area contributed by atoms with Crippen LogP contribution in [0.5, 0.6) is 0 Å². The van der Waals surface area contributed by atoms with Crippen LogP contribution in [-0.4, -0.2) is 45.8 Å². The van der Waals surface area contributed by atoms with Crippen LogP contribution in [-0.2, 0) is 17.9 Å². The number of carbonyl (C=O) groups excluding carboxylic acids is 1. The third kappa shape index (κ3) is 4.35. The predicted molar refractivity (Wildman–Crippen MR) is 117 cm³/mol. The van der Waals surface area contributed by atoms with Gasteiger partial charge in [-0.25, -0.2) is 4.98 Å². The van der Waals surface area contributed by atoms with Crippen LogP contribution in [0.2, 0.25) is 0 Å². The van der Waals surface area contributed by atoms with E-state index in [0.717, 1.165) is 44.7 Å². The smallest absolute Gasteiger partial charge is 0.222 e. The zero-order chi connectivity index (χ0) is 20.2. The highest BCUT2D eigenvalue weighted by Gasteiger charge is 2.28. The summed E-state index contributed by atoms with van der Waals surface area (Å²) >= 11 is 0. The zero-order valence-electron chi connectivity index (χ0n) is 17.4. The van der Waals surface area contributed by atoms with E-state index in [2.05, 4.69) is 58.3 Å². The SMILES string of the molecule is CCC(=O)N1CCC[C@@H](c2[nH]c3ncccc3c2CN(C)Cc2ccccc2)C1. The van der Waals surface area contributed by atoms with Gasteiger partial charge >= 0.3 is 0 Å². The lowest BCUT2D eigenvalue weighted by Gasteiger charge is -2.33. The highest BCUT2D eigenvalue weighted by atomic mass is 16.2. The summed E-state index contributed by atoms with van der Waals surface area (Å²) in [6.07, 6.45) is 4.58. The fourth-order valence-electron chi connectivity index (χ4n) is 4.50. The number of likely N-dealkylation sites (tertiary alicyclic amines) is 1. The van der Waals surface area contributed by atoms with Gasteiger partial charge in [-0.1, -0.05) is 37.3 Å². The number of H-pyrrole nitrogens is 1. The molecule has 5 nitrogen and oxygen atoms in total. The largest absolute Gasteiger partial charge is 0.343 e. The van der Waals surface area contributed by atoms with E-state index in [4.69, 9.17) is 0 Å². The number of aromatic nitrogens is 2. The van der Waals surface area contributed by atoms with Gasteiger partial charge in [0, 0.05) is 55.8 Å². The molecule has 0 bridgehead atoms. The first kappa shape index (κ1) is 19.6. The second-order valence-electron chi connectivity index (χ2n) is 8.11. The Kier molecular flexibility index (Phi) is 5.95. The molecule has 3 heterocycles. The molecule has 3 aromatic rings. The number of carbonyl (C=O) groups is 1. The van der Waals surface area contributed by atoms with E-state index in [0.29, 0.717) is 12.3 Å². The minimum Gasteiger partial charge on any atom is -0.343 e. The van der Waals surface area contributed by atoms with E-state index in [1.165, 1.54) is 22.2 Å². The van der Waals surface area contributed by atoms with Crippen molar-refractivity contribution in [3.05, 3.63) is 65.5 Å². The first-order valence-electron chi connectivity index (χ1n) is 10.6. The normalized spacial score (nSPS) is 17.2. The first-order valence-corrected chi connectivity index (χ1v) is 10.6. The highest BCUT2D eigenvalue weighted by Crippen LogP contribution is 2.33. The molecule has 1 aliphatic heterocycles. The second kappa shape index (κ2) is 8.78. The van der Waals surface area contributed by atoms with E-state index >= 15 is 0 Å². The van der Waals surface area contributed by atoms with Crippen molar-refractivity contribution >= 4 is 16.9 Å². The maximum Gasteiger partial charge on any atom is 0.222 e. The molecule has 4 rings (SSSR count). The van der Waals surface area contributed by atoms with Crippen molar-refractivity contribution in [2.75, 3.05) is 20.1 Å². The van der Waals surface area contributed by atoms with E-state index < -0.39 is 0 Å². The van der Waals surface area contributed by atoms with Crippen molar-refractivity contribution in [2.45, 2.75) is 45.2 Å². The van der Waals surface area contributed by atoms with Gasteiger partial charge in [-0.15, -0.1) is 0 Å². The topological polar surface area (TPSA) is 52.2 Å². The number of fused-ring (bicyclic) bond motifs is 1. The van der Waals surface area contributed by atoms with Crippen molar-refractivity contribution in [2.24, 2.45) is 0 Å². The van der Waals surface area contributed by atoms with Crippen molar-refractivity contribution in [1.29, 1.82) is 0 Å². The van der Waals surface area contributed by atoms with E-state index in [1.807, 2.05) is 24.1 Å². The molecule has 0 unspecified atom stereocenters. The Labute approximate surface area is 172 Å². The van der Waals surface area contributed by atoms with Gasteiger partial charge < -0.3 is 9.88 Å². The lowest BCUT2D eigenvalue weighted by Crippen LogP contribution is -2.39. The molecule has 0 radical (unpaired) electrons.